The van der Waals surface area contributed by atoms with Crippen molar-refractivity contribution < 1.29 is 9.84 Å². The van der Waals surface area contributed by atoms with Crippen LogP contribution in [0.15, 0.2) is 30.3 Å². The van der Waals surface area contributed by atoms with E-state index in [4.69, 9.17) is 4.74 Å². The maximum absolute atomic E-state index is 9.77. The van der Waals surface area contributed by atoms with Crippen LogP contribution in [0.3, 0.4) is 0 Å². The minimum absolute atomic E-state index is 0.158. The Bertz CT molecular complexity index is 353. The van der Waals surface area contributed by atoms with Crippen LogP contribution in [0.4, 0.5) is 5.69 Å². The molecule has 1 aromatic carbocycles. The van der Waals surface area contributed by atoms with Gasteiger partial charge in [-0.15, -0.1) is 0 Å². The molecule has 0 saturated carbocycles. The third-order valence-corrected chi connectivity index (χ3v) is 3.65. The summed E-state index contributed by atoms with van der Waals surface area (Å²) >= 11 is 0. The van der Waals surface area contributed by atoms with Crippen LogP contribution in [0.1, 0.15) is 32.6 Å². The van der Waals surface area contributed by atoms with Crippen molar-refractivity contribution in [1.82, 2.24) is 0 Å². The van der Waals surface area contributed by atoms with E-state index in [1.165, 1.54) is 0 Å². The fourth-order valence-electron chi connectivity index (χ4n) is 2.65. The molecule has 0 aromatic heterocycles. The minimum atomic E-state index is -0.223. The lowest BCUT2D eigenvalue weighted by Gasteiger charge is -2.41. The van der Waals surface area contributed by atoms with Gasteiger partial charge in [-0.1, -0.05) is 31.5 Å². The lowest BCUT2D eigenvalue weighted by atomic mass is 9.85. The molecule has 2 atom stereocenters. The third kappa shape index (κ3) is 3.24. The Labute approximate surface area is 109 Å². The number of rotatable bonds is 5. The van der Waals surface area contributed by atoms with E-state index in [9.17, 15) is 5.11 Å². The molecule has 0 aliphatic carbocycles. The first-order valence-electron chi connectivity index (χ1n) is 6.84. The molecule has 2 rings (SSSR count). The zero-order valence-corrected chi connectivity index (χ0v) is 11.1. The Kier molecular flexibility index (Phi) is 4.61. The molecule has 0 spiro atoms. The fraction of sp³-hybridized carbons (Fsp3) is 0.600. The van der Waals surface area contributed by atoms with Gasteiger partial charge in [0.05, 0.1) is 18.2 Å². The molecule has 2 unspecified atom stereocenters. The van der Waals surface area contributed by atoms with E-state index in [1.807, 2.05) is 30.3 Å². The van der Waals surface area contributed by atoms with Crippen molar-refractivity contribution in [2.24, 2.45) is 0 Å². The van der Waals surface area contributed by atoms with Crippen molar-refractivity contribution in [3.63, 3.8) is 0 Å². The second-order valence-electron chi connectivity index (χ2n) is 5.17. The molecule has 1 saturated heterocycles. The highest BCUT2D eigenvalue weighted by Gasteiger charge is 2.36. The Morgan fingerprint density at radius 3 is 2.83 bits per heavy atom. The smallest absolute Gasteiger partial charge is 0.0663 e. The maximum atomic E-state index is 9.77. The Morgan fingerprint density at radius 2 is 2.17 bits per heavy atom. The quantitative estimate of drug-likeness (QED) is 0.843. The summed E-state index contributed by atoms with van der Waals surface area (Å²) < 4.78 is 5.76. The SMILES string of the molecule is CCCC1CC(CO)(Nc2ccccc2)CCO1. The number of aliphatic hydroxyl groups excluding tert-OH is 1. The normalized spacial score (nSPS) is 28.0. The van der Waals surface area contributed by atoms with E-state index >= 15 is 0 Å². The molecule has 1 aliphatic heterocycles. The molecular formula is C15H23NO2. The minimum Gasteiger partial charge on any atom is -0.394 e. The molecule has 0 radical (unpaired) electrons. The van der Waals surface area contributed by atoms with Crippen molar-refractivity contribution in [3.8, 4) is 0 Å². The first kappa shape index (κ1) is 13.4. The van der Waals surface area contributed by atoms with Crippen molar-refractivity contribution in [2.45, 2.75) is 44.2 Å². The van der Waals surface area contributed by atoms with E-state index in [0.29, 0.717) is 0 Å². The van der Waals surface area contributed by atoms with Gasteiger partial charge in [0.1, 0.15) is 0 Å². The average molecular weight is 249 g/mol. The molecule has 3 nitrogen and oxygen atoms in total. The molecule has 1 aromatic rings. The Hall–Kier alpha value is -1.06. The highest BCUT2D eigenvalue weighted by Crippen LogP contribution is 2.30. The number of benzene rings is 1. The van der Waals surface area contributed by atoms with Gasteiger partial charge < -0.3 is 15.2 Å². The largest absolute Gasteiger partial charge is 0.394 e. The van der Waals surface area contributed by atoms with Gasteiger partial charge in [0, 0.05) is 12.3 Å². The summed E-state index contributed by atoms with van der Waals surface area (Å²) in [4.78, 5) is 0. The van der Waals surface area contributed by atoms with Crippen LogP contribution in [0, 0.1) is 0 Å². The van der Waals surface area contributed by atoms with Gasteiger partial charge in [0.15, 0.2) is 0 Å². The van der Waals surface area contributed by atoms with Gasteiger partial charge in [-0.25, -0.2) is 0 Å². The van der Waals surface area contributed by atoms with E-state index in [0.717, 1.165) is 38.0 Å². The summed E-state index contributed by atoms with van der Waals surface area (Å²) in [6, 6.07) is 10.1. The molecule has 1 fully saturated rings. The van der Waals surface area contributed by atoms with Crippen LogP contribution in [0.2, 0.25) is 0 Å². The fourth-order valence-corrected chi connectivity index (χ4v) is 2.65. The van der Waals surface area contributed by atoms with E-state index < -0.39 is 0 Å². The molecule has 3 heteroatoms. The standard InChI is InChI=1S/C15H23NO2/c1-2-6-14-11-15(12-17,9-10-18-14)16-13-7-4-3-5-8-13/h3-5,7-8,14,16-17H,2,6,9-12H2,1H3. The molecule has 1 aliphatic rings. The summed E-state index contributed by atoms with van der Waals surface area (Å²) in [5.41, 5.74) is 0.850. The summed E-state index contributed by atoms with van der Waals surface area (Å²) in [5.74, 6) is 0. The summed E-state index contributed by atoms with van der Waals surface area (Å²) in [6.45, 7) is 3.06. The highest BCUT2D eigenvalue weighted by atomic mass is 16.5. The number of hydrogen-bond donors (Lipinski definition) is 2. The van der Waals surface area contributed by atoms with Crippen LogP contribution in [0.25, 0.3) is 0 Å². The van der Waals surface area contributed by atoms with Crippen LogP contribution < -0.4 is 5.32 Å². The Morgan fingerprint density at radius 1 is 1.39 bits per heavy atom. The van der Waals surface area contributed by atoms with Crippen molar-refractivity contribution in [2.75, 3.05) is 18.5 Å². The van der Waals surface area contributed by atoms with Gasteiger partial charge in [-0.2, -0.15) is 0 Å². The number of anilines is 1. The molecule has 0 bridgehead atoms. The summed E-state index contributed by atoms with van der Waals surface area (Å²) in [5, 5.41) is 13.3. The van der Waals surface area contributed by atoms with Crippen LogP contribution in [-0.4, -0.2) is 30.0 Å². The molecular weight excluding hydrogens is 226 g/mol. The van der Waals surface area contributed by atoms with Gasteiger partial charge in [-0.3, -0.25) is 0 Å². The number of nitrogens with one attached hydrogen (secondary N) is 1. The van der Waals surface area contributed by atoms with Crippen molar-refractivity contribution in [3.05, 3.63) is 30.3 Å². The molecule has 1 heterocycles. The number of hydrogen-bond acceptors (Lipinski definition) is 3. The van der Waals surface area contributed by atoms with Gasteiger partial charge in [0.25, 0.3) is 0 Å². The van der Waals surface area contributed by atoms with Crippen LogP contribution in [-0.2, 0) is 4.74 Å². The molecule has 0 amide bonds. The van der Waals surface area contributed by atoms with Crippen LogP contribution in [0.5, 0.6) is 0 Å². The second kappa shape index (κ2) is 6.21. The van der Waals surface area contributed by atoms with E-state index in [1.54, 1.807) is 0 Å². The number of aliphatic hydroxyl groups is 1. The summed E-state index contributed by atoms with van der Waals surface area (Å²) in [6.07, 6.45) is 4.20. The first-order chi connectivity index (χ1) is 8.78. The van der Waals surface area contributed by atoms with Gasteiger partial charge >= 0.3 is 0 Å². The number of para-hydroxylation sites is 1. The number of ether oxygens (including phenoxy) is 1. The third-order valence-electron chi connectivity index (χ3n) is 3.65. The maximum Gasteiger partial charge on any atom is 0.0663 e. The van der Waals surface area contributed by atoms with Gasteiger partial charge in [0.2, 0.25) is 0 Å². The van der Waals surface area contributed by atoms with Crippen molar-refractivity contribution in [1.29, 1.82) is 0 Å². The zero-order chi connectivity index (χ0) is 12.8. The average Bonchev–Trinajstić information content (AvgIpc) is 2.41. The molecule has 2 N–H and O–H groups in total. The summed E-state index contributed by atoms with van der Waals surface area (Å²) in [7, 11) is 0. The monoisotopic (exact) mass is 249 g/mol. The molecule has 100 valence electrons. The zero-order valence-electron chi connectivity index (χ0n) is 11.1. The topological polar surface area (TPSA) is 41.5 Å². The lowest BCUT2D eigenvalue weighted by Crippen LogP contribution is -2.49. The predicted octanol–water partition coefficient (Wildman–Crippen LogP) is 2.81. The highest BCUT2D eigenvalue weighted by molar-refractivity contribution is 5.45. The van der Waals surface area contributed by atoms with Crippen LogP contribution >= 0.6 is 0 Å². The van der Waals surface area contributed by atoms with Crippen molar-refractivity contribution >= 4 is 5.69 Å². The lowest BCUT2D eigenvalue weighted by molar-refractivity contribution is -0.0299. The first-order valence-corrected chi connectivity index (χ1v) is 6.84. The van der Waals surface area contributed by atoms with E-state index in [2.05, 4.69) is 12.2 Å². The van der Waals surface area contributed by atoms with Gasteiger partial charge in [-0.05, 0) is 31.4 Å². The predicted molar refractivity (Wildman–Crippen MR) is 73.8 cm³/mol. The Balaban J connectivity index is 2.05. The second-order valence-corrected chi connectivity index (χ2v) is 5.17. The van der Waals surface area contributed by atoms with E-state index in [-0.39, 0.29) is 18.2 Å². The molecule has 18 heavy (non-hydrogen) atoms.